The minimum absolute atomic E-state index is 0.106. The molecular weight excluding hydrogens is 184 g/mol. The van der Waals surface area contributed by atoms with E-state index in [1.165, 1.54) is 7.11 Å². The summed E-state index contributed by atoms with van der Waals surface area (Å²) >= 11 is 0. The molecule has 14 heavy (non-hydrogen) atoms. The van der Waals surface area contributed by atoms with Crippen molar-refractivity contribution < 1.29 is 19.1 Å². The lowest BCUT2D eigenvalue weighted by Crippen LogP contribution is -2.13. The molecule has 0 heterocycles. The molecule has 1 rings (SSSR count). The summed E-state index contributed by atoms with van der Waals surface area (Å²) in [5.74, 6) is -0.944. The van der Waals surface area contributed by atoms with E-state index in [-0.39, 0.29) is 6.29 Å². The van der Waals surface area contributed by atoms with E-state index < -0.39 is 12.3 Å². The Bertz CT molecular complexity index is 307. The third-order valence-corrected chi connectivity index (χ3v) is 1.61. The van der Waals surface area contributed by atoms with Crippen molar-refractivity contribution in [2.24, 2.45) is 0 Å². The number of hydrogen-bond acceptors (Lipinski definition) is 4. The van der Waals surface area contributed by atoms with Crippen LogP contribution in [0.1, 0.15) is 11.9 Å². The Hall–Kier alpha value is -1.68. The highest BCUT2D eigenvalue weighted by atomic mass is 16.7. The third kappa shape index (κ3) is 2.67. The van der Waals surface area contributed by atoms with Crippen LogP contribution in [-0.4, -0.2) is 19.4 Å². The first kappa shape index (κ1) is 10.4. The zero-order valence-electron chi connectivity index (χ0n) is 7.67. The number of hydrogen-bond donors (Lipinski definition) is 0. The average Bonchev–Trinajstić information content (AvgIpc) is 2.26. The molecule has 4 heteroatoms. The minimum Gasteiger partial charge on any atom is -0.426 e. The second-order valence-corrected chi connectivity index (χ2v) is 2.53. The summed E-state index contributed by atoms with van der Waals surface area (Å²) < 4.78 is 9.61. The van der Waals surface area contributed by atoms with Gasteiger partial charge in [-0.1, -0.05) is 30.3 Å². The standard InChI is InChI=1S/C10H10O4/c1-13-10(14-9(12)7-11)8-5-3-2-4-6-8/h2-7,10H,1H3. The maximum absolute atomic E-state index is 10.7. The van der Waals surface area contributed by atoms with E-state index in [4.69, 9.17) is 9.47 Å². The fourth-order valence-corrected chi connectivity index (χ4v) is 0.996. The van der Waals surface area contributed by atoms with Gasteiger partial charge in [0.25, 0.3) is 0 Å². The summed E-state index contributed by atoms with van der Waals surface area (Å²) in [4.78, 5) is 20.7. The molecule has 0 saturated heterocycles. The van der Waals surface area contributed by atoms with Crippen LogP contribution in [-0.2, 0) is 19.1 Å². The van der Waals surface area contributed by atoms with Gasteiger partial charge in [-0.25, -0.2) is 4.79 Å². The number of methoxy groups -OCH3 is 1. The Morgan fingerprint density at radius 1 is 1.36 bits per heavy atom. The Morgan fingerprint density at radius 3 is 2.50 bits per heavy atom. The summed E-state index contributed by atoms with van der Waals surface area (Å²) in [6.07, 6.45) is -0.719. The van der Waals surface area contributed by atoms with E-state index in [9.17, 15) is 9.59 Å². The fraction of sp³-hybridized carbons (Fsp3) is 0.200. The molecule has 0 aliphatic carbocycles. The molecule has 0 amide bonds. The van der Waals surface area contributed by atoms with E-state index in [0.717, 1.165) is 0 Å². The van der Waals surface area contributed by atoms with Gasteiger partial charge in [0, 0.05) is 12.7 Å². The molecule has 0 N–H and O–H groups in total. The van der Waals surface area contributed by atoms with Gasteiger partial charge in [0.2, 0.25) is 12.6 Å². The van der Waals surface area contributed by atoms with Crippen LogP contribution in [0.4, 0.5) is 0 Å². The molecule has 0 saturated carbocycles. The average molecular weight is 194 g/mol. The quantitative estimate of drug-likeness (QED) is 0.311. The number of aldehydes is 1. The maximum Gasteiger partial charge on any atom is 0.373 e. The fourth-order valence-electron chi connectivity index (χ4n) is 0.996. The van der Waals surface area contributed by atoms with Gasteiger partial charge in [-0.15, -0.1) is 0 Å². The van der Waals surface area contributed by atoms with Crippen molar-refractivity contribution in [1.82, 2.24) is 0 Å². The van der Waals surface area contributed by atoms with Crippen molar-refractivity contribution in [3.63, 3.8) is 0 Å². The first-order valence-corrected chi connectivity index (χ1v) is 4.01. The molecule has 74 valence electrons. The first-order chi connectivity index (χ1) is 6.77. The number of carbonyl (C=O) groups excluding carboxylic acids is 2. The van der Waals surface area contributed by atoms with Crippen LogP contribution < -0.4 is 0 Å². The van der Waals surface area contributed by atoms with Crippen molar-refractivity contribution >= 4 is 12.3 Å². The van der Waals surface area contributed by atoms with Crippen LogP contribution in [0.5, 0.6) is 0 Å². The third-order valence-electron chi connectivity index (χ3n) is 1.61. The lowest BCUT2D eigenvalue weighted by Gasteiger charge is -2.14. The Labute approximate surface area is 81.4 Å². The van der Waals surface area contributed by atoms with Crippen molar-refractivity contribution in [3.05, 3.63) is 35.9 Å². The van der Waals surface area contributed by atoms with Gasteiger partial charge in [-0.05, 0) is 0 Å². The monoisotopic (exact) mass is 194 g/mol. The number of benzene rings is 1. The van der Waals surface area contributed by atoms with Crippen LogP contribution in [0.25, 0.3) is 0 Å². The highest BCUT2D eigenvalue weighted by Crippen LogP contribution is 2.16. The molecule has 1 atom stereocenters. The summed E-state index contributed by atoms with van der Waals surface area (Å²) in [7, 11) is 1.40. The number of rotatable bonds is 4. The van der Waals surface area contributed by atoms with Crippen LogP contribution in [0, 0.1) is 0 Å². The lowest BCUT2D eigenvalue weighted by atomic mass is 10.2. The molecule has 0 aromatic heterocycles. The zero-order valence-corrected chi connectivity index (χ0v) is 7.67. The molecule has 0 radical (unpaired) electrons. The van der Waals surface area contributed by atoms with E-state index in [0.29, 0.717) is 5.56 Å². The largest absolute Gasteiger partial charge is 0.426 e. The number of esters is 1. The van der Waals surface area contributed by atoms with Gasteiger partial charge in [0.1, 0.15) is 0 Å². The minimum atomic E-state index is -0.944. The predicted molar refractivity (Wildman–Crippen MR) is 48.3 cm³/mol. The lowest BCUT2D eigenvalue weighted by molar-refractivity contribution is -0.175. The summed E-state index contributed by atoms with van der Waals surface area (Å²) in [6, 6.07) is 8.89. The van der Waals surface area contributed by atoms with Gasteiger partial charge in [0.05, 0.1) is 0 Å². The van der Waals surface area contributed by atoms with Gasteiger partial charge < -0.3 is 9.47 Å². The first-order valence-electron chi connectivity index (χ1n) is 4.01. The molecule has 0 aliphatic rings. The molecule has 1 unspecified atom stereocenters. The van der Waals surface area contributed by atoms with Crippen molar-refractivity contribution in [1.29, 1.82) is 0 Å². The maximum atomic E-state index is 10.7. The molecule has 1 aromatic rings. The van der Waals surface area contributed by atoms with Gasteiger partial charge in [0.15, 0.2) is 0 Å². The van der Waals surface area contributed by atoms with Gasteiger partial charge >= 0.3 is 5.97 Å². The van der Waals surface area contributed by atoms with E-state index in [1.54, 1.807) is 24.3 Å². The van der Waals surface area contributed by atoms with Crippen LogP contribution in [0.15, 0.2) is 30.3 Å². The zero-order chi connectivity index (χ0) is 10.4. The summed E-state index contributed by atoms with van der Waals surface area (Å²) in [6.45, 7) is 0. The second kappa shape index (κ2) is 5.14. The Kier molecular flexibility index (Phi) is 3.82. The van der Waals surface area contributed by atoms with Crippen molar-refractivity contribution in [3.8, 4) is 0 Å². The molecule has 0 fully saturated rings. The smallest absolute Gasteiger partial charge is 0.373 e. The SMILES string of the molecule is COC(OC(=O)C=O)c1ccccc1. The Morgan fingerprint density at radius 2 is 2.00 bits per heavy atom. The normalized spacial score (nSPS) is 11.8. The summed E-state index contributed by atoms with van der Waals surface area (Å²) in [5, 5.41) is 0. The molecule has 0 spiro atoms. The summed E-state index contributed by atoms with van der Waals surface area (Å²) in [5.41, 5.74) is 0.685. The highest BCUT2D eigenvalue weighted by molar-refractivity contribution is 6.20. The van der Waals surface area contributed by atoms with Crippen LogP contribution >= 0.6 is 0 Å². The van der Waals surface area contributed by atoms with E-state index in [2.05, 4.69) is 0 Å². The van der Waals surface area contributed by atoms with Crippen molar-refractivity contribution in [2.75, 3.05) is 7.11 Å². The number of ether oxygens (including phenoxy) is 2. The molecule has 1 aromatic carbocycles. The Balaban J connectivity index is 2.72. The molecule has 4 nitrogen and oxygen atoms in total. The van der Waals surface area contributed by atoms with Crippen LogP contribution in [0.3, 0.4) is 0 Å². The van der Waals surface area contributed by atoms with E-state index >= 15 is 0 Å². The molecular formula is C10H10O4. The number of carbonyl (C=O) groups is 2. The highest BCUT2D eigenvalue weighted by Gasteiger charge is 2.14. The van der Waals surface area contributed by atoms with Gasteiger partial charge in [-0.2, -0.15) is 0 Å². The second-order valence-electron chi connectivity index (χ2n) is 2.53. The predicted octanol–water partition coefficient (Wildman–Crippen LogP) is 1.07. The molecule has 0 aliphatic heterocycles. The van der Waals surface area contributed by atoms with Gasteiger partial charge in [-0.3, -0.25) is 4.79 Å². The van der Waals surface area contributed by atoms with Crippen molar-refractivity contribution in [2.45, 2.75) is 6.29 Å². The molecule has 0 bridgehead atoms. The van der Waals surface area contributed by atoms with Crippen LogP contribution in [0.2, 0.25) is 0 Å². The van der Waals surface area contributed by atoms with E-state index in [1.807, 2.05) is 6.07 Å². The topological polar surface area (TPSA) is 52.6 Å².